The molecule has 0 bridgehead atoms. The van der Waals surface area contributed by atoms with Gasteiger partial charge in [-0.05, 0) is 36.3 Å². The van der Waals surface area contributed by atoms with Gasteiger partial charge in [-0.3, -0.25) is 9.69 Å². The van der Waals surface area contributed by atoms with Crippen molar-refractivity contribution in [3.63, 3.8) is 0 Å². The van der Waals surface area contributed by atoms with Gasteiger partial charge in [0.1, 0.15) is 15.8 Å². The third-order valence-electron chi connectivity index (χ3n) is 5.24. The van der Waals surface area contributed by atoms with E-state index in [4.69, 9.17) is 28.6 Å². The number of ether oxygens (including phenoxy) is 1. The van der Waals surface area contributed by atoms with Crippen molar-refractivity contribution in [2.75, 3.05) is 0 Å². The third kappa shape index (κ3) is 3.14. The van der Waals surface area contributed by atoms with Crippen molar-refractivity contribution >= 4 is 51.9 Å². The predicted octanol–water partition coefficient (Wildman–Crippen LogP) is 6.74. The molecule has 0 saturated carbocycles. The monoisotopic (exact) mass is 449 g/mol. The Labute approximate surface area is 189 Å². The van der Waals surface area contributed by atoms with Crippen LogP contribution in [0.3, 0.4) is 0 Å². The highest BCUT2D eigenvalue weighted by molar-refractivity contribution is 8.26. The van der Waals surface area contributed by atoms with E-state index in [2.05, 4.69) is 0 Å². The fourth-order valence-electron chi connectivity index (χ4n) is 3.82. The second-order valence-corrected chi connectivity index (χ2v) is 9.19. The Kier molecular flexibility index (Phi) is 4.89. The number of fused-ring (bicyclic) bond motifs is 2. The Morgan fingerprint density at radius 2 is 1.77 bits per heavy atom. The second kappa shape index (κ2) is 7.58. The molecule has 2 aliphatic heterocycles. The van der Waals surface area contributed by atoms with Gasteiger partial charge in [0.2, 0.25) is 0 Å². The number of carbonyl (C=O) groups excluding carboxylic acids is 1. The number of aryl methyl sites for hydroxylation is 1. The highest BCUT2D eigenvalue weighted by Crippen LogP contribution is 2.50. The van der Waals surface area contributed by atoms with Crippen LogP contribution in [0.5, 0.6) is 11.5 Å². The standard InChI is InChI=1S/C24H16ClNO2S2/c1-14-7-6-10-17-21(16-9-3-5-12-19(16)28-22(14)17)26-23(27)20(30-24(26)29)13-15-8-2-4-11-18(15)25/h2-13,21H,1H3/b20-13-. The number of amides is 1. The summed E-state index contributed by atoms with van der Waals surface area (Å²) in [6.45, 7) is 2.01. The van der Waals surface area contributed by atoms with Crippen molar-refractivity contribution in [2.24, 2.45) is 0 Å². The van der Waals surface area contributed by atoms with E-state index < -0.39 is 0 Å². The van der Waals surface area contributed by atoms with Gasteiger partial charge in [-0.15, -0.1) is 0 Å². The number of rotatable bonds is 2. The quantitative estimate of drug-likeness (QED) is 0.320. The zero-order chi connectivity index (χ0) is 20.8. The first-order chi connectivity index (χ1) is 14.5. The zero-order valence-corrected chi connectivity index (χ0v) is 18.4. The predicted molar refractivity (Wildman–Crippen MR) is 126 cm³/mol. The fourth-order valence-corrected chi connectivity index (χ4v) is 5.32. The lowest BCUT2D eigenvalue weighted by Crippen LogP contribution is -2.35. The molecule has 0 radical (unpaired) electrons. The fraction of sp³-hybridized carbons (Fsp3) is 0.0833. The molecule has 3 aromatic carbocycles. The van der Waals surface area contributed by atoms with Crippen LogP contribution in [0.4, 0.5) is 0 Å². The topological polar surface area (TPSA) is 29.5 Å². The number of hydrogen-bond donors (Lipinski definition) is 0. The molecule has 0 spiro atoms. The number of hydrogen-bond acceptors (Lipinski definition) is 4. The van der Waals surface area contributed by atoms with E-state index in [1.165, 1.54) is 11.8 Å². The number of thiocarbonyl (C=S) groups is 1. The van der Waals surface area contributed by atoms with Gasteiger partial charge in [-0.25, -0.2) is 0 Å². The third-order valence-corrected chi connectivity index (χ3v) is 6.91. The van der Waals surface area contributed by atoms with E-state index in [0.29, 0.717) is 14.2 Å². The summed E-state index contributed by atoms with van der Waals surface area (Å²) in [5.74, 6) is 1.40. The Morgan fingerprint density at radius 3 is 2.60 bits per heavy atom. The molecule has 0 N–H and O–H groups in total. The van der Waals surface area contributed by atoms with E-state index in [9.17, 15) is 4.79 Å². The van der Waals surface area contributed by atoms with E-state index in [1.807, 2.05) is 79.7 Å². The molecule has 0 aromatic heterocycles. The molecule has 0 aliphatic carbocycles. The van der Waals surface area contributed by atoms with Gasteiger partial charge >= 0.3 is 0 Å². The van der Waals surface area contributed by atoms with Crippen molar-refractivity contribution in [3.05, 3.63) is 98.9 Å². The second-order valence-electron chi connectivity index (χ2n) is 7.11. The van der Waals surface area contributed by atoms with Crippen molar-refractivity contribution in [1.82, 2.24) is 4.90 Å². The minimum atomic E-state index is -0.338. The van der Waals surface area contributed by atoms with Crippen molar-refractivity contribution in [3.8, 4) is 11.5 Å². The molecule has 5 rings (SSSR count). The van der Waals surface area contributed by atoms with Crippen LogP contribution in [-0.2, 0) is 4.79 Å². The Balaban J connectivity index is 1.63. The minimum absolute atomic E-state index is 0.126. The molecule has 6 heteroatoms. The first-order valence-corrected chi connectivity index (χ1v) is 11.0. The van der Waals surface area contributed by atoms with Crippen LogP contribution in [0.25, 0.3) is 6.08 Å². The van der Waals surface area contributed by atoms with Gasteiger partial charge in [-0.2, -0.15) is 0 Å². The van der Waals surface area contributed by atoms with E-state index >= 15 is 0 Å². The van der Waals surface area contributed by atoms with E-state index in [0.717, 1.165) is 33.8 Å². The molecule has 2 heterocycles. The molecule has 3 aromatic rings. The summed E-state index contributed by atoms with van der Waals surface area (Å²) in [5.41, 5.74) is 3.67. The van der Waals surface area contributed by atoms with E-state index in [1.54, 1.807) is 4.90 Å². The highest BCUT2D eigenvalue weighted by Gasteiger charge is 2.42. The van der Waals surface area contributed by atoms with Gasteiger partial charge < -0.3 is 4.74 Å². The van der Waals surface area contributed by atoms with Crippen molar-refractivity contribution < 1.29 is 9.53 Å². The number of thioether (sulfide) groups is 1. The minimum Gasteiger partial charge on any atom is -0.456 e. The Hall–Kier alpha value is -2.60. The molecule has 1 atom stereocenters. The number of para-hydroxylation sites is 2. The first-order valence-electron chi connectivity index (χ1n) is 9.42. The maximum absolute atomic E-state index is 13.5. The number of benzene rings is 3. The Morgan fingerprint density at radius 1 is 1.03 bits per heavy atom. The van der Waals surface area contributed by atoms with Gasteiger partial charge in [0.15, 0.2) is 0 Å². The summed E-state index contributed by atoms with van der Waals surface area (Å²) in [5, 5.41) is 0.597. The highest BCUT2D eigenvalue weighted by atomic mass is 35.5. The summed E-state index contributed by atoms with van der Waals surface area (Å²) in [4.78, 5) is 15.8. The van der Waals surface area contributed by atoms with E-state index in [-0.39, 0.29) is 11.9 Å². The van der Waals surface area contributed by atoms with Crippen molar-refractivity contribution in [2.45, 2.75) is 13.0 Å². The summed E-state index contributed by atoms with van der Waals surface area (Å²) in [6, 6.07) is 20.9. The molecule has 2 aliphatic rings. The lowest BCUT2D eigenvalue weighted by molar-refractivity contribution is -0.123. The van der Waals surface area contributed by atoms with Gasteiger partial charge in [-0.1, -0.05) is 90.2 Å². The van der Waals surface area contributed by atoms with Crippen LogP contribution in [-0.4, -0.2) is 15.1 Å². The van der Waals surface area contributed by atoms with Crippen LogP contribution >= 0.6 is 35.6 Å². The molecule has 1 fully saturated rings. The molecule has 1 unspecified atom stereocenters. The summed E-state index contributed by atoms with van der Waals surface area (Å²) in [7, 11) is 0. The summed E-state index contributed by atoms with van der Waals surface area (Å²) < 4.78 is 6.71. The molecule has 3 nitrogen and oxygen atoms in total. The molecular formula is C24H16ClNO2S2. The zero-order valence-electron chi connectivity index (χ0n) is 16.0. The van der Waals surface area contributed by atoms with Crippen LogP contribution in [0.1, 0.15) is 28.3 Å². The number of nitrogens with zero attached hydrogens (tertiary/aromatic N) is 1. The molecule has 1 amide bonds. The smallest absolute Gasteiger partial charge is 0.267 e. The van der Waals surface area contributed by atoms with Gasteiger partial charge in [0.25, 0.3) is 5.91 Å². The number of halogens is 1. The van der Waals surface area contributed by atoms with Gasteiger partial charge in [0.05, 0.1) is 10.9 Å². The normalized spacial score (nSPS) is 18.9. The molecule has 148 valence electrons. The van der Waals surface area contributed by atoms with Crippen LogP contribution in [0.2, 0.25) is 5.02 Å². The lowest BCUT2D eigenvalue weighted by Gasteiger charge is -2.34. The first kappa shape index (κ1) is 19.4. The molecule has 30 heavy (non-hydrogen) atoms. The van der Waals surface area contributed by atoms with Crippen molar-refractivity contribution in [1.29, 1.82) is 0 Å². The average molecular weight is 450 g/mol. The van der Waals surface area contributed by atoms with Gasteiger partial charge in [0, 0.05) is 16.1 Å². The lowest BCUT2D eigenvalue weighted by atomic mass is 9.92. The van der Waals surface area contributed by atoms with Crippen LogP contribution in [0.15, 0.2) is 71.6 Å². The van der Waals surface area contributed by atoms with Crippen LogP contribution < -0.4 is 4.74 Å². The van der Waals surface area contributed by atoms with Crippen LogP contribution in [0, 0.1) is 6.92 Å². The largest absolute Gasteiger partial charge is 0.456 e. The molecule has 1 saturated heterocycles. The number of carbonyl (C=O) groups is 1. The average Bonchev–Trinajstić information content (AvgIpc) is 3.01. The summed E-state index contributed by atoms with van der Waals surface area (Å²) >= 11 is 13.3. The SMILES string of the molecule is Cc1cccc2c1Oc1ccccc1C2N1C(=O)/C(=C/c2ccccc2Cl)SC1=S. The maximum Gasteiger partial charge on any atom is 0.267 e. The Bertz CT molecular complexity index is 1240. The summed E-state index contributed by atoms with van der Waals surface area (Å²) in [6.07, 6.45) is 1.81. The maximum atomic E-state index is 13.5. The molecular weight excluding hydrogens is 434 g/mol.